The van der Waals surface area contributed by atoms with E-state index in [1.165, 1.54) is 17.0 Å². The molecule has 1 aromatic heterocycles. The Balaban J connectivity index is 1.64. The van der Waals surface area contributed by atoms with E-state index in [-0.39, 0.29) is 18.1 Å². The largest absolute Gasteiger partial charge is 0.392 e. The molecule has 0 radical (unpaired) electrons. The zero-order valence-electron chi connectivity index (χ0n) is 17.2. The third kappa shape index (κ3) is 4.51. The normalized spacial score (nSPS) is 20.2. The zero-order valence-corrected chi connectivity index (χ0v) is 17.2. The van der Waals surface area contributed by atoms with Crippen LogP contribution in [0.5, 0.6) is 0 Å². The Bertz CT molecular complexity index is 1160. The van der Waals surface area contributed by atoms with Crippen molar-refractivity contribution in [2.75, 3.05) is 6.54 Å². The van der Waals surface area contributed by atoms with Crippen LogP contribution in [0.15, 0.2) is 41.5 Å². The van der Waals surface area contributed by atoms with Gasteiger partial charge >= 0.3 is 0 Å². The molecular formula is C23H25F2N3O3. The number of hydrogen-bond donors (Lipinski definition) is 3. The molecule has 4 rings (SSSR count). The van der Waals surface area contributed by atoms with Gasteiger partial charge in [0.2, 0.25) is 0 Å². The lowest BCUT2D eigenvalue weighted by Gasteiger charge is -2.30. The van der Waals surface area contributed by atoms with E-state index in [2.05, 4.69) is 10.3 Å². The summed E-state index contributed by atoms with van der Waals surface area (Å²) in [5, 5.41) is 24.1. The summed E-state index contributed by atoms with van der Waals surface area (Å²) in [7, 11) is 0. The van der Waals surface area contributed by atoms with Crippen LogP contribution in [-0.2, 0) is 6.54 Å². The molecule has 164 valence electrons. The Morgan fingerprint density at radius 2 is 2.03 bits per heavy atom. The molecule has 8 heteroatoms. The number of rotatable bonds is 5. The van der Waals surface area contributed by atoms with Gasteiger partial charge < -0.3 is 15.5 Å². The van der Waals surface area contributed by atoms with Gasteiger partial charge in [-0.2, -0.15) is 0 Å². The Hall–Kier alpha value is -2.68. The second-order valence-corrected chi connectivity index (χ2v) is 8.18. The molecule has 0 bridgehead atoms. The van der Waals surface area contributed by atoms with Crippen molar-refractivity contribution in [1.29, 1.82) is 0 Å². The zero-order chi connectivity index (χ0) is 22.1. The number of aliphatic hydroxyl groups excluding tert-OH is 2. The maximum absolute atomic E-state index is 13.7. The van der Waals surface area contributed by atoms with Gasteiger partial charge in [-0.15, -0.1) is 0 Å². The number of hydrogen-bond acceptors (Lipinski definition) is 5. The average Bonchev–Trinajstić information content (AvgIpc) is 2.74. The number of halogens is 2. The highest BCUT2D eigenvalue weighted by atomic mass is 19.2. The minimum atomic E-state index is -0.958. The van der Waals surface area contributed by atoms with Crippen molar-refractivity contribution in [2.24, 2.45) is 0 Å². The van der Waals surface area contributed by atoms with Crippen LogP contribution in [0.3, 0.4) is 0 Å². The second-order valence-electron chi connectivity index (χ2n) is 8.18. The van der Waals surface area contributed by atoms with Crippen LogP contribution in [0, 0.1) is 18.6 Å². The number of benzene rings is 2. The van der Waals surface area contributed by atoms with Gasteiger partial charge in [0, 0.05) is 6.04 Å². The van der Waals surface area contributed by atoms with Crippen LogP contribution < -0.4 is 10.9 Å². The highest BCUT2D eigenvalue weighted by Crippen LogP contribution is 2.26. The monoisotopic (exact) mass is 429 g/mol. The fraction of sp³-hybridized carbons (Fsp3) is 0.391. The minimum Gasteiger partial charge on any atom is -0.392 e. The Labute approximate surface area is 178 Å². The summed E-state index contributed by atoms with van der Waals surface area (Å²) < 4.78 is 28.3. The van der Waals surface area contributed by atoms with Crippen molar-refractivity contribution in [3.8, 4) is 11.1 Å². The fourth-order valence-corrected chi connectivity index (χ4v) is 4.19. The first kappa shape index (κ1) is 21.5. The molecule has 2 aromatic carbocycles. The van der Waals surface area contributed by atoms with E-state index >= 15 is 0 Å². The summed E-state index contributed by atoms with van der Waals surface area (Å²) in [4.78, 5) is 17.5. The quantitative estimate of drug-likeness (QED) is 0.580. The number of nitrogens with one attached hydrogen (secondary N) is 1. The smallest absolute Gasteiger partial charge is 0.261 e. The number of aromatic nitrogens is 2. The van der Waals surface area contributed by atoms with Gasteiger partial charge in [0.1, 0.15) is 0 Å². The van der Waals surface area contributed by atoms with Crippen LogP contribution in [-0.4, -0.2) is 44.6 Å². The van der Waals surface area contributed by atoms with Crippen LogP contribution in [0.1, 0.15) is 24.8 Å². The van der Waals surface area contributed by atoms with E-state index in [1.807, 2.05) is 0 Å². The van der Waals surface area contributed by atoms with Crippen molar-refractivity contribution in [2.45, 2.75) is 51.0 Å². The molecule has 6 nitrogen and oxygen atoms in total. The third-order valence-electron chi connectivity index (χ3n) is 5.85. The number of aryl methyl sites for hydroxylation is 1. The molecule has 0 spiro atoms. The molecule has 1 fully saturated rings. The van der Waals surface area contributed by atoms with E-state index in [9.17, 15) is 23.8 Å². The van der Waals surface area contributed by atoms with Gasteiger partial charge in [-0.3, -0.25) is 9.36 Å². The molecule has 3 N–H and O–H groups in total. The van der Waals surface area contributed by atoms with Crippen LogP contribution in [0.2, 0.25) is 0 Å². The van der Waals surface area contributed by atoms with Gasteiger partial charge in [-0.1, -0.05) is 6.07 Å². The lowest BCUT2D eigenvalue weighted by atomic mass is 9.96. The summed E-state index contributed by atoms with van der Waals surface area (Å²) in [6, 6.07) is 6.78. The average molecular weight is 429 g/mol. The predicted molar refractivity (Wildman–Crippen MR) is 114 cm³/mol. The first-order valence-electron chi connectivity index (χ1n) is 10.4. The first-order chi connectivity index (χ1) is 14.8. The molecule has 3 atom stereocenters. The predicted octanol–water partition coefficient (Wildman–Crippen LogP) is 2.51. The lowest BCUT2D eigenvalue weighted by Crippen LogP contribution is -2.47. The fourth-order valence-electron chi connectivity index (χ4n) is 4.19. The van der Waals surface area contributed by atoms with Crippen molar-refractivity contribution < 1.29 is 19.0 Å². The highest BCUT2D eigenvalue weighted by molar-refractivity contribution is 5.86. The van der Waals surface area contributed by atoms with E-state index in [0.717, 1.165) is 30.7 Å². The van der Waals surface area contributed by atoms with Crippen LogP contribution in [0.25, 0.3) is 22.0 Å². The number of nitrogens with zero attached hydrogens (tertiary/aromatic N) is 2. The Kier molecular flexibility index (Phi) is 6.13. The molecule has 31 heavy (non-hydrogen) atoms. The first-order valence-corrected chi connectivity index (χ1v) is 10.4. The van der Waals surface area contributed by atoms with E-state index < -0.39 is 23.8 Å². The summed E-state index contributed by atoms with van der Waals surface area (Å²) in [6.07, 6.45) is 1.95. The number of piperidine rings is 1. The molecule has 0 saturated carbocycles. The van der Waals surface area contributed by atoms with Crippen molar-refractivity contribution in [3.05, 3.63) is 64.2 Å². The molecule has 3 aromatic rings. The molecule has 0 aliphatic carbocycles. The number of aliphatic hydroxyl groups is 2. The SMILES string of the molecule is Cc1cc(-c2ccc(F)c(F)c2)cc2c(=O)n(CC(O)C[C@H]3NCCC[C@@H]3O)cnc12. The number of fused-ring (bicyclic) bond motifs is 1. The molecule has 0 amide bonds. The van der Waals surface area contributed by atoms with Crippen LogP contribution >= 0.6 is 0 Å². The lowest BCUT2D eigenvalue weighted by molar-refractivity contribution is 0.0539. The topological polar surface area (TPSA) is 87.4 Å². The molecule has 1 aliphatic heterocycles. The summed E-state index contributed by atoms with van der Waals surface area (Å²) >= 11 is 0. The van der Waals surface area contributed by atoms with E-state index in [4.69, 9.17) is 0 Å². The minimum absolute atomic E-state index is 0.0428. The van der Waals surface area contributed by atoms with Gasteiger partial charge in [0.25, 0.3) is 5.56 Å². The molecule has 2 heterocycles. The Morgan fingerprint density at radius 3 is 2.77 bits per heavy atom. The second kappa shape index (κ2) is 8.82. The maximum atomic E-state index is 13.7. The molecular weight excluding hydrogens is 404 g/mol. The third-order valence-corrected chi connectivity index (χ3v) is 5.85. The van der Waals surface area contributed by atoms with Gasteiger partial charge in [0.15, 0.2) is 11.6 Å². The van der Waals surface area contributed by atoms with E-state index in [0.29, 0.717) is 34.9 Å². The van der Waals surface area contributed by atoms with Gasteiger partial charge in [-0.25, -0.2) is 13.8 Å². The van der Waals surface area contributed by atoms with Crippen molar-refractivity contribution >= 4 is 10.9 Å². The molecule has 1 aliphatic rings. The maximum Gasteiger partial charge on any atom is 0.261 e. The summed E-state index contributed by atoms with van der Waals surface area (Å²) in [5.74, 6) is -1.89. The van der Waals surface area contributed by atoms with Crippen molar-refractivity contribution in [1.82, 2.24) is 14.9 Å². The molecule has 1 unspecified atom stereocenters. The van der Waals surface area contributed by atoms with Crippen molar-refractivity contribution in [3.63, 3.8) is 0 Å². The highest BCUT2D eigenvalue weighted by Gasteiger charge is 2.25. The van der Waals surface area contributed by atoms with Crippen LogP contribution in [0.4, 0.5) is 8.78 Å². The summed E-state index contributed by atoms with van der Waals surface area (Å²) in [5.41, 5.74) is 1.96. The van der Waals surface area contributed by atoms with Gasteiger partial charge in [0.05, 0.1) is 36.0 Å². The Morgan fingerprint density at radius 1 is 1.23 bits per heavy atom. The van der Waals surface area contributed by atoms with E-state index in [1.54, 1.807) is 19.1 Å². The summed E-state index contributed by atoms with van der Waals surface area (Å²) in [6.45, 7) is 2.63. The molecule has 1 saturated heterocycles. The van der Waals surface area contributed by atoms with Gasteiger partial charge in [-0.05, 0) is 73.7 Å². The standard InChI is InChI=1S/C23H25F2N3O3/c1-13-7-15(14-4-5-18(24)19(25)9-14)8-17-22(13)27-12-28(23(17)31)11-16(29)10-20-21(30)3-2-6-26-20/h4-5,7-9,12,16,20-21,26,29-30H,2-3,6,10-11H2,1H3/t16?,20-,21+/m1/s1.